The molecule has 0 unspecified atom stereocenters. The summed E-state index contributed by atoms with van der Waals surface area (Å²) in [6, 6.07) is 7.52. The highest BCUT2D eigenvalue weighted by Gasteiger charge is 2.28. The van der Waals surface area contributed by atoms with Crippen molar-refractivity contribution in [3.8, 4) is 5.75 Å². The summed E-state index contributed by atoms with van der Waals surface area (Å²) in [5, 5.41) is 11.1. The van der Waals surface area contributed by atoms with Crippen LogP contribution >= 0.6 is 0 Å². The second-order valence-corrected chi connectivity index (χ2v) is 6.93. The highest BCUT2D eigenvalue weighted by molar-refractivity contribution is 7.87. The Kier molecular flexibility index (Phi) is 4.42. The molecule has 0 aliphatic heterocycles. The summed E-state index contributed by atoms with van der Waals surface area (Å²) in [4.78, 5) is 9.97. The van der Waals surface area contributed by atoms with Crippen LogP contribution in [-0.4, -0.2) is 13.3 Å². The third-order valence-corrected chi connectivity index (χ3v) is 4.92. The molecule has 0 saturated carbocycles. The molecule has 7 heteroatoms. The molecule has 0 aliphatic carbocycles. The number of rotatable bonds is 4. The van der Waals surface area contributed by atoms with E-state index in [4.69, 9.17) is 4.18 Å². The predicted octanol–water partition coefficient (Wildman–Crippen LogP) is 3.60. The fourth-order valence-electron chi connectivity index (χ4n) is 2.19. The molecule has 122 valence electrons. The first-order valence-electron chi connectivity index (χ1n) is 6.90. The van der Waals surface area contributed by atoms with Gasteiger partial charge in [0, 0.05) is 6.07 Å². The van der Waals surface area contributed by atoms with Crippen LogP contribution in [-0.2, 0) is 10.1 Å². The molecule has 6 nitrogen and oxygen atoms in total. The van der Waals surface area contributed by atoms with Gasteiger partial charge < -0.3 is 4.18 Å². The van der Waals surface area contributed by atoms with Crippen molar-refractivity contribution in [3.05, 3.63) is 62.7 Å². The van der Waals surface area contributed by atoms with E-state index < -0.39 is 25.6 Å². The first-order chi connectivity index (χ1) is 10.6. The quantitative estimate of drug-likeness (QED) is 0.484. The first-order valence-corrected chi connectivity index (χ1v) is 8.30. The summed E-state index contributed by atoms with van der Waals surface area (Å²) >= 11 is 0. The van der Waals surface area contributed by atoms with Crippen molar-refractivity contribution in [2.75, 3.05) is 0 Å². The molecular formula is C16H17NO5S. The fraction of sp³-hybridized carbons (Fsp3) is 0.250. The number of hydrogen-bond acceptors (Lipinski definition) is 5. The Morgan fingerprint density at radius 3 is 2.22 bits per heavy atom. The molecule has 0 radical (unpaired) electrons. The highest BCUT2D eigenvalue weighted by Crippen LogP contribution is 2.32. The van der Waals surface area contributed by atoms with E-state index >= 15 is 0 Å². The highest BCUT2D eigenvalue weighted by atomic mass is 32.2. The van der Waals surface area contributed by atoms with Gasteiger partial charge in [0.05, 0.1) is 4.92 Å². The molecule has 0 atom stereocenters. The zero-order valence-electron chi connectivity index (χ0n) is 13.3. The summed E-state index contributed by atoms with van der Waals surface area (Å²) in [6.07, 6.45) is 0. The van der Waals surface area contributed by atoms with E-state index in [-0.39, 0.29) is 5.75 Å². The van der Waals surface area contributed by atoms with Gasteiger partial charge in [-0.15, -0.1) is 0 Å². The normalized spacial score (nSPS) is 11.3. The van der Waals surface area contributed by atoms with Gasteiger partial charge in [-0.1, -0.05) is 18.2 Å². The Labute approximate surface area is 135 Å². The molecule has 2 rings (SSSR count). The van der Waals surface area contributed by atoms with Crippen molar-refractivity contribution in [3.63, 3.8) is 0 Å². The van der Waals surface area contributed by atoms with Crippen LogP contribution in [0.2, 0.25) is 0 Å². The molecular weight excluding hydrogens is 318 g/mol. The van der Waals surface area contributed by atoms with E-state index in [0.29, 0.717) is 16.7 Å². The van der Waals surface area contributed by atoms with E-state index in [1.807, 2.05) is 13.0 Å². The number of benzene rings is 2. The smallest absolute Gasteiger partial charge is 0.346 e. The molecule has 0 heterocycles. The maximum atomic E-state index is 12.5. The lowest BCUT2D eigenvalue weighted by atomic mass is 10.1. The van der Waals surface area contributed by atoms with Gasteiger partial charge in [-0.05, 0) is 56.0 Å². The lowest BCUT2D eigenvalue weighted by Gasteiger charge is -2.14. The van der Waals surface area contributed by atoms with Gasteiger partial charge in [0.15, 0.2) is 4.90 Å². The Morgan fingerprint density at radius 2 is 1.61 bits per heavy atom. The van der Waals surface area contributed by atoms with Gasteiger partial charge in [0.1, 0.15) is 5.75 Å². The van der Waals surface area contributed by atoms with E-state index in [2.05, 4.69) is 0 Å². The zero-order chi connectivity index (χ0) is 17.4. The minimum Gasteiger partial charge on any atom is -0.378 e. The van der Waals surface area contributed by atoms with Crippen LogP contribution in [0.4, 0.5) is 5.69 Å². The molecule has 0 aliphatic rings. The van der Waals surface area contributed by atoms with Crippen molar-refractivity contribution < 1.29 is 17.5 Å². The fourth-order valence-corrected chi connectivity index (χ4v) is 3.38. The topological polar surface area (TPSA) is 86.5 Å². The van der Waals surface area contributed by atoms with E-state index in [9.17, 15) is 18.5 Å². The molecule has 0 bridgehead atoms. The van der Waals surface area contributed by atoms with Crippen LogP contribution < -0.4 is 4.18 Å². The van der Waals surface area contributed by atoms with Gasteiger partial charge in [-0.3, -0.25) is 10.1 Å². The minimum absolute atomic E-state index is 0.208. The molecule has 2 aromatic rings. The summed E-state index contributed by atoms with van der Waals surface area (Å²) < 4.78 is 30.3. The van der Waals surface area contributed by atoms with Crippen LogP contribution in [0, 0.1) is 37.8 Å². The van der Waals surface area contributed by atoms with E-state index in [1.165, 1.54) is 18.2 Å². The molecule has 2 aromatic carbocycles. The van der Waals surface area contributed by atoms with Gasteiger partial charge in [0.2, 0.25) is 0 Å². The number of nitro benzene ring substituents is 1. The average Bonchev–Trinajstić information content (AvgIpc) is 2.47. The van der Waals surface area contributed by atoms with Gasteiger partial charge in [-0.25, -0.2) is 0 Å². The Bertz CT molecular complexity index is 888. The summed E-state index contributed by atoms with van der Waals surface area (Å²) in [5.41, 5.74) is 2.31. The SMILES string of the molecule is Cc1ccc(S(=O)(=O)Oc2c(C)ccc(C)c2C)c([N+](=O)[O-])c1. The van der Waals surface area contributed by atoms with Gasteiger partial charge in [0.25, 0.3) is 5.69 Å². The van der Waals surface area contributed by atoms with Crippen molar-refractivity contribution in [1.29, 1.82) is 0 Å². The largest absolute Gasteiger partial charge is 0.378 e. The Hall–Kier alpha value is -2.41. The Morgan fingerprint density at radius 1 is 1.00 bits per heavy atom. The third-order valence-electron chi connectivity index (χ3n) is 3.65. The van der Waals surface area contributed by atoms with Crippen LogP contribution in [0.25, 0.3) is 0 Å². The van der Waals surface area contributed by atoms with Crippen molar-refractivity contribution >= 4 is 15.8 Å². The predicted molar refractivity (Wildman–Crippen MR) is 86.3 cm³/mol. The van der Waals surface area contributed by atoms with Crippen LogP contribution in [0.1, 0.15) is 22.3 Å². The van der Waals surface area contributed by atoms with Crippen LogP contribution in [0.3, 0.4) is 0 Å². The molecule has 23 heavy (non-hydrogen) atoms. The standard InChI is InChI=1S/C16H17NO5S/c1-10-5-8-15(14(9-10)17(18)19)23(20,21)22-16-12(3)7-6-11(2)13(16)4/h5-9H,1-4H3. The molecule has 0 spiro atoms. The van der Waals surface area contributed by atoms with Crippen LogP contribution in [0.5, 0.6) is 5.75 Å². The summed E-state index contributed by atoms with van der Waals surface area (Å²) in [7, 11) is -4.31. The van der Waals surface area contributed by atoms with Gasteiger partial charge >= 0.3 is 10.1 Å². The van der Waals surface area contributed by atoms with Crippen LogP contribution in [0.15, 0.2) is 35.2 Å². The molecule has 0 fully saturated rings. The molecule has 0 aromatic heterocycles. The van der Waals surface area contributed by atoms with Crippen molar-refractivity contribution in [2.45, 2.75) is 32.6 Å². The summed E-state index contributed by atoms with van der Waals surface area (Å²) in [6.45, 7) is 6.96. The number of aryl methyl sites for hydroxylation is 3. The number of nitrogens with zero attached hydrogens (tertiary/aromatic N) is 1. The molecule has 0 amide bonds. The zero-order valence-corrected chi connectivity index (χ0v) is 14.1. The van der Waals surface area contributed by atoms with E-state index in [1.54, 1.807) is 26.8 Å². The minimum atomic E-state index is -4.31. The third kappa shape index (κ3) is 3.34. The van der Waals surface area contributed by atoms with E-state index in [0.717, 1.165) is 5.56 Å². The average molecular weight is 335 g/mol. The first kappa shape index (κ1) is 17.0. The number of hydrogen-bond donors (Lipinski definition) is 0. The Balaban J connectivity index is 2.58. The molecule has 0 saturated heterocycles. The maximum Gasteiger partial charge on any atom is 0.346 e. The second kappa shape index (κ2) is 6.00. The summed E-state index contributed by atoms with van der Waals surface area (Å²) in [5.74, 6) is 0.208. The van der Waals surface area contributed by atoms with Crippen molar-refractivity contribution in [2.24, 2.45) is 0 Å². The number of nitro groups is 1. The van der Waals surface area contributed by atoms with Gasteiger partial charge in [-0.2, -0.15) is 8.42 Å². The van der Waals surface area contributed by atoms with Crippen molar-refractivity contribution in [1.82, 2.24) is 0 Å². The maximum absolute atomic E-state index is 12.5. The second-order valence-electron chi connectivity index (χ2n) is 5.42. The monoisotopic (exact) mass is 335 g/mol. The lowest BCUT2D eigenvalue weighted by Crippen LogP contribution is -2.13. The lowest BCUT2D eigenvalue weighted by molar-refractivity contribution is -0.387. The molecule has 0 N–H and O–H groups in total.